The lowest BCUT2D eigenvalue weighted by molar-refractivity contribution is 0.640. The molecule has 1 aromatic heterocycles. The maximum atomic E-state index is 8.88. The molecule has 0 aliphatic carbocycles. The third kappa shape index (κ3) is 2.91. The SMILES string of the molecule is N#Cc1ccc(N2CCN(c3ncccn3)CC2)c(Cl)c1. The first-order valence-electron chi connectivity index (χ1n) is 6.74. The highest BCUT2D eigenvalue weighted by molar-refractivity contribution is 6.33. The monoisotopic (exact) mass is 299 g/mol. The van der Waals surface area contributed by atoms with Crippen LogP contribution in [0, 0.1) is 11.3 Å². The average molecular weight is 300 g/mol. The fraction of sp³-hybridized carbons (Fsp3) is 0.267. The Morgan fingerprint density at radius 3 is 2.33 bits per heavy atom. The van der Waals surface area contributed by atoms with Gasteiger partial charge in [0.05, 0.1) is 22.3 Å². The zero-order valence-electron chi connectivity index (χ0n) is 11.4. The molecular formula is C15H14ClN5. The molecule has 1 aliphatic heterocycles. The van der Waals surface area contributed by atoms with Crippen molar-refractivity contribution in [2.24, 2.45) is 0 Å². The molecule has 0 atom stereocenters. The number of hydrogen-bond acceptors (Lipinski definition) is 5. The molecule has 0 bridgehead atoms. The molecule has 0 saturated carbocycles. The lowest BCUT2D eigenvalue weighted by Crippen LogP contribution is -2.47. The summed E-state index contributed by atoms with van der Waals surface area (Å²) in [5.41, 5.74) is 1.56. The lowest BCUT2D eigenvalue weighted by Gasteiger charge is -2.36. The molecule has 1 saturated heterocycles. The highest BCUT2D eigenvalue weighted by atomic mass is 35.5. The molecule has 0 N–H and O–H groups in total. The molecule has 5 nitrogen and oxygen atoms in total. The van der Waals surface area contributed by atoms with Crippen LogP contribution in [0.25, 0.3) is 0 Å². The zero-order chi connectivity index (χ0) is 14.7. The number of benzene rings is 1. The van der Waals surface area contributed by atoms with Gasteiger partial charge in [0, 0.05) is 38.6 Å². The molecule has 0 amide bonds. The lowest BCUT2D eigenvalue weighted by atomic mass is 10.2. The second-order valence-corrected chi connectivity index (χ2v) is 5.21. The van der Waals surface area contributed by atoms with Crippen molar-refractivity contribution in [2.75, 3.05) is 36.0 Å². The largest absolute Gasteiger partial charge is 0.367 e. The van der Waals surface area contributed by atoms with Crippen molar-refractivity contribution in [3.63, 3.8) is 0 Å². The Hall–Kier alpha value is -2.32. The first kappa shape index (κ1) is 13.7. The summed E-state index contributed by atoms with van der Waals surface area (Å²) in [6.07, 6.45) is 3.51. The minimum atomic E-state index is 0.583. The number of hydrogen-bond donors (Lipinski definition) is 0. The third-order valence-electron chi connectivity index (χ3n) is 3.53. The second-order valence-electron chi connectivity index (χ2n) is 4.80. The standard InChI is InChI=1S/C15H14ClN5/c16-13-10-12(11-17)2-3-14(13)20-6-8-21(9-7-20)15-18-4-1-5-19-15/h1-5,10H,6-9H2. The van der Waals surface area contributed by atoms with Crippen molar-refractivity contribution in [1.29, 1.82) is 5.26 Å². The van der Waals surface area contributed by atoms with E-state index < -0.39 is 0 Å². The Morgan fingerprint density at radius 1 is 1.05 bits per heavy atom. The number of aromatic nitrogens is 2. The van der Waals surface area contributed by atoms with Crippen molar-refractivity contribution in [3.8, 4) is 6.07 Å². The van der Waals surface area contributed by atoms with E-state index in [1.54, 1.807) is 24.5 Å². The van der Waals surface area contributed by atoms with E-state index in [9.17, 15) is 0 Å². The van der Waals surface area contributed by atoms with Gasteiger partial charge in [-0.15, -0.1) is 0 Å². The Bertz CT molecular complexity index is 660. The van der Waals surface area contributed by atoms with Gasteiger partial charge < -0.3 is 9.80 Å². The number of piperazine rings is 1. The van der Waals surface area contributed by atoms with E-state index >= 15 is 0 Å². The van der Waals surface area contributed by atoms with Gasteiger partial charge in [0.1, 0.15) is 0 Å². The zero-order valence-corrected chi connectivity index (χ0v) is 12.2. The van der Waals surface area contributed by atoms with Crippen LogP contribution in [0.15, 0.2) is 36.7 Å². The minimum Gasteiger partial charge on any atom is -0.367 e. The number of anilines is 2. The van der Waals surface area contributed by atoms with E-state index in [4.69, 9.17) is 16.9 Å². The molecule has 6 heteroatoms. The molecule has 0 unspecified atom stereocenters. The minimum absolute atomic E-state index is 0.583. The summed E-state index contributed by atoms with van der Waals surface area (Å²) in [6.45, 7) is 3.40. The van der Waals surface area contributed by atoms with Crippen LogP contribution < -0.4 is 9.80 Å². The normalized spacial score (nSPS) is 14.9. The molecule has 0 radical (unpaired) electrons. The van der Waals surface area contributed by atoms with Gasteiger partial charge in [0.2, 0.25) is 5.95 Å². The number of nitrogens with zero attached hydrogens (tertiary/aromatic N) is 5. The van der Waals surface area contributed by atoms with E-state index in [1.807, 2.05) is 12.1 Å². The van der Waals surface area contributed by atoms with Crippen LogP contribution in [-0.2, 0) is 0 Å². The molecular weight excluding hydrogens is 286 g/mol. The molecule has 2 aromatic rings. The van der Waals surface area contributed by atoms with Crippen molar-refractivity contribution in [2.45, 2.75) is 0 Å². The third-order valence-corrected chi connectivity index (χ3v) is 3.83. The van der Waals surface area contributed by atoms with Crippen LogP contribution >= 0.6 is 11.6 Å². The topological polar surface area (TPSA) is 56.1 Å². The van der Waals surface area contributed by atoms with Crippen molar-refractivity contribution < 1.29 is 0 Å². The van der Waals surface area contributed by atoms with Crippen LogP contribution in [0.5, 0.6) is 0 Å². The first-order valence-corrected chi connectivity index (χ1v) is 7.12. The van der Waals surface area contributed by atoms with Gasteiger partial charge >= 0.3 is 0 Å². The molecule has 3 rings (SSSR count). The predicted octanol–water partition coefficient (Wildman–Crippen LogP) is 2.33. The molecule has 1 aliphatic rings. The van der Waals surface area contributed by atoms with Crippen molar-refractivity contribution in [1.82, 2.24) is 9.97 Å². The van der Waals surface area contributed by atoms with Crippen LogP contribution in [0.2, 0.25) is 5.02 Å². The highest BCUT2D eigenvalue weighted by Gasteiger charge is 2.20. The molecule has 0 spiro atoms. The summed E-state index contributed by atoms with van der Waals surface area (Å²) in [6, 6.07) is 9.34. The number of nitriles is 1. The van der Waals surface area contributed by atoms with E-state index in [-0.39, 0.29) is 0 Å². The molecule has 21 heavy (non-hydrogen) atoms. The molecule has 106 valence electrons. The summed E-state index contributed by atoms with van der Waals surface area (Å²) < 4.78 is 0. The van der Waals surface area contributed by atoms with Crippen molar-refractivity contribution >= 4 is 23.2 Å². The van der Waals surface area contributed by atoms with E-state index in [0.29, 0.717) is 10.6 Å². The van der Waals surface area contributed by atoms with Gasteiger partial charge in [-0.05, 0) is 24.3 Å². The summed E-state index contributed by atoms with van der Waals surface area (Å²) >= 11 is 6.26. The smallest absolute Gasteiger partial charge is 0.225 e. The Balaban J connectivity index is 1.70. The quantitative estimate of drug-likeness (QED) is 0.852. The van der Waals surface area contributed by atoms with Gasteiger partial charge in [-0.2, -0.15) is 5.26 Å². The number of halogens is 1. The molecule has 2 heterocycles. The second kappa shape index (κ2) is 5.98. The van der Waals surface area contributed by atoms with Crippen LogP contribution in [-0.4, -0.2) is 36.1 Å². The van der Waals surface area contributed by atoms with Gasteiger partial charge in [-0.1, -0.05) is 11.6 Å². The maximum Gasteiger partial charge on any atom is 0.225 e. The van der Waals surface area contributed by atoms with Crippen molar-refractivity contribution in [3.05, 3.63) is 47.2 Å². The van der Waals surface area contributed by atoms with Crippen LogP contribution in [0.4, 0.5) is 11.6 Å². The Morgan fingerprint density at radius 2 is 1.71 bits per heavy atom. The van der Waals surface area contributed by atoms with E-state index in [0.717, 1.165) is 37.8 Å². The maximum absolute atomic E-state index is 8.88. The summed E-state index contributed by atoms with van der Waals surface area (Å²) in [5, 5.41) is 9.50. The molecule has 1 fully saturated rings. The van der Waals surface area contributed by atoms with Gasteiger partial charge in [-0.3, -0.25) is 0 Å². The highest BCUT2D eigenvalue weighted by Crippen LogP contribution is 2.28. The van der Waals surface area contributed by atoms with Crippen LogP contribution in [0.1, 0.15) is 5.56 Å². The first-order chi connectivity index (χ1) is 10.3. The fourth-order valence-electron chi connectivity index (χ4n) is 2.43. The van der Waals surface area contributed by atoms with E-state index in [2.05, 4.69) is 25.8 Å². The van der Waals surface area contributed by atoms with E-state index in [1.165, 1.54) is 0 Å². The summed E-state index contributed by atoms with van der Waals surface area (Å²) in [7, 11) is 0. The van der Waals surface area contributed by atoms with Crippen LogP contribution in [0.3, 0.4) is 0 Å². The fourth-order valence-corrected chi connectivity index (χ4v) is 2.73. The summed E-state index contributed by atoms with van der Waals surface area (Å²) in [4.78, 5) is 12.9. The Labute approximate surface area is 128 Å². The van der Waals surface area contributed by atoms with Gasteiger partial charge in [0.15, 0.2) is 0 Å². The van der Waals surface area contributed by atoms with Gasteiger partial charge in [-0.25, -0.2) is 9.97 Å². The predicted molar refractivity (Wildman–Crippen MR) is 82.6 cm³/mol. The molecule has 1 aromatic carbocycles. The van der Waals surface area contributed by atoms with Gasteiger partial charge in [0.25, 0.3) is 0 Å². The summed E-state index contributed by atoms with van der Waals surface area (Å²) in [5.74, 6) is 0.767. The Kier molecular flexibility index (Phi) is 3.89. The average Bonchev–Trinajstić information content (AvgIpc) is 2.56. The number of rotatable bonds is 2.